The Labute approximate surface area is 174 Å². The van der Waals surface area contributed by atoms with Gasteiger partial charge >= 0.3 is 5.97 Å². The predicted molar refractivity (Wildman–Crippen MR) is 113 cm³/mol. The van der Waals surface area contributed by atoms with Crippen LogP contribution < -0.4 is 0 Å². The van der Waals surface area contributed by atoms with E-state index in [0.29, 0.717) is 27.1 Å². The molecule has 0 radical (unpaired) electrons. The number of carboxylic acid groups (broad SMARTS) is 1. The fraction of sp³-hybridized carbons (Fsp3) is 0.429. The first kappa shape index (κ1) is 20.7. The second-order valence-electron chi connectivity index (χ2n) is 7.15. The SMILES string of the molecule is O=C(O)CCCN1C(=O)C(=CC(=O)c2ccc(C3CCCCC3)cc2)SC1=S. The van der Waals surface area contributed by atoms with Gasteiger partial charge in [-0.25, -0.2) is 0 Å². The normalized spacial score (nSPS) is 19.4. The van der Waals surface area contributed by atoms with E-state index in [1.807, 2.05) is 24.3 Å². The highest BCUT2D eigenvalue weighted by atomic mass is 32.2. The summed E-state index contributed by atoms with van der Waals surface area (Å²) in [7, 11) is 0. The van der Waals surface area contributed by atoms with Gasteiger partial charge in [-0.2, -0.15) is 0 Å². The molecular formula is C21H23NO4S2. The molecule has 1 heterocycles. The lowest BCUT2D eigenvalue weighted by atomic mass is 9.84. The number of hydrogen-bond donors (Lipinski definition) is 1. The van der Waals surface area contributed by atoms with Gasteiger partial charge in [0.1, 0.15) is 4.32 Å². The number of carboxylic acids is 1. The van der Waals surface area contributed by atoms with Crippen LogP contribution in [-0.4, -0.2) is 38.5 Å². The molecule has 1 aliphatic heterocycles. The third-order valence-electron chi connectivity index (χ3n) is 5.18. The Hall–Kier alpha value is -1.99. The van der Waals surface area contributed by atoms with Crippen molar-refractivity contribution in [1.29, 1.82) is 0 Å². The fourth-order valence-electron chi connectivity index (χ4n) is 3.64. The lowest BCUT2D eigenvalue weighted by Gasteiger charge is -2.21. The Morgan fingerprint density at radius 1 is 1.18 bits per heavy atom. The van der Waals surface area contributed by atoms with Gasteiger partial charge in [-0.3, -0.25) is 19.3 Å². The Kier molecular flexibility index (Phi) is 7.02. The molecule has 5 nitrogen and oxygen atoms in total. The van der Waals surface area contributed by atoms with E-state index >= 15 is 0 Å². The van der Waals surface area contributed by atoms with Crippen molar-refractivity contribution in [2.75, 3.05) is 6.54 Å². The average Bonchev–Trinajstić information content (AvgIpc) is 2.96. The average molecular weight is 418 g/mol. The van der Waals surface area contributed by atoms with E-state index in [1.165, 1.54) is 48.6 Å². The molecule has 2 fully saturated rings. The summed E-state index contributed by atoms with van der Waals surface area (Å²) in [6.07, 6.45) is 7.89. The molecule has 0 bridgehead atoms. The van der Waals surface area contributed by atoms with E-state index in [0.717, 1.165) is 11.8 Å². The van der Waals surface area contributed by atoms with Gasteiger partial charge in [0, 0.05) is 24.6 Å². The van der Waals surface area contributed by atoms with Gasteiger partial charge in [0.15, 0.2) is 5.78 Å². The van der Waals surface area contributed by atoms with Gasteiger partial charge in [-0.15, -0.1) is 0 Å². The minimum atomic E-state index is -0.909. The monoisotopic (exact) mass is 417 g/mol. The number of carbonyl (C=O) groups excluding carboxylic acids is 2. The van der Waals surface area contributed by atoms with Crippen LogP contribution in [0.1, 0.15) is 66.8 Å². The third kappa shape index (κ3) is 5.08. The Bertz CT molecular complexity index is 810. The summed E-state index contributed by atoms with van der Waals surface area (Å²) in [6, 6.07) is 7.70. The van der Waals surface area contributed by atoms with Crippen LogP contribution in [0.4, 0.5) is 0 Å². The van der Waals surface area contributed by atoms with Gasteiger partial charge in [-0.05, 0) is 30.7 Å². The second kappa shape index (κ2) is 9.47. The quantitative estimate of drug-likeness (QED) is 0.399. The number of rotatable bonds is 7. The molecule has 7 heteroatoms. The molecule has 1 aromatic rings. The molecule has 1 aliphatic carbocycles. The van der Waals surface area contributed by atoms with Crippen molar-refractivity contribution in [3.63, 3.8) is 0 Å². The molecule has 0 atom stereocenters. The highest BCUT2D eigenvalue weighted by Gasteiger charge is 2.32. The van der Waals surface area contributed by atoms with Crippen LogP contribution in [0.5, 0.6) is 0 Å². The molecule has 3 rings (SSSR count). The molecule has 1 aromatic carbocycles. The van der Waals surface area contributed by atoms with Crippen molar-refractivity contribution in [1.82, 2.24) is 4.90 Å². The number of amides is 1. The smallest absolute Gasteiger partial charge is 0.303 e. The van der Waals surface area contributed by atoms with E-state index in [9.17, 15) is 14.4 Å². The van der Waals surface area contributed by atoms with Crippen molar-refractivity contribution in [3.8, 4) is 0 Å². The fourth-order valence-corrected chi connectivity index (χ4v) is 4.92. The van der Waals surface area contributed by atoms with Gasteiger partial charge in [0.25, 0.3) is 5.91 Å². The van der Waals surface area contributed by atoms with Crippen LogP contribution >= 0.6 is 24.0 Å². The number of allylic oxidation sites excluding steroid dienone is 1. The zero-order valence-corrected chi connectivity index (χ0v) is 17.2. The van der Waals surface area contributed by atoms with Gasteiger partial charge < -0.3 is 5.11 Å². The summed E-state index contributed by atoms with van der Waals surface area (Å²) < 4.78 is 0.363. The molecule has 1 saturated carbocycles. The third-order valence-corrected chi connectivity index (χ3v) is 6.56. The first-order valence-corrected chi connectivity index (χ1v) is 10.8. The lowest BCUT2D eigenvalue weighted by Crippen LogP contribution is -2.29. The van der Waals surface area contributed by atoms with E-state index in [1.54, 1.807) is 0 Å². The highest BCUT2D eigenvalue weighted by molar-refractivity contribution is 8.26. The van der Waals surface area contributed by atoms with Gasteiger partial charge in [0.05, 0.1) is 4.91 Å². The minimum Gasteiger partial charge on any atom is -0.481 e. The van der Waals surface area contributed by atoms with Crippen LogP contribution in [0.15, 0.2) is 35.2 Å². The van der Waals surface area contributed by atoms with Crippen molar-refractivity contribution in [3.05, 3.63) is 46.4 Å². The summed E-state index contributed by atoms with van der Waals surface area (Å²) in [6.45, 7) is 0.249. The standard InChI is InChI=1S/C21H23NO4S2/c23-17(16-10-8-15(9-11-16)14-5-2-1-3-6-14)13-18-20(26)22(21(27)28-18)12-4-7-19(24)25/h8-11,13-14H,1-7,12H2,(H,24,25). The largest absolute Gasteiger partial charge is 0.481 e. The van der Waals surface area contributed by atoms with Crippen LogP contribution in [0, 0.1) is 0 Å². The van der Waals surface area contributed by atoms with E-state index < -0.39 is 5.97 Å². The zero-order chi connectivity index (χ0) is 20.1. The molecule has 1 amide bonds. The maximum Gasteiger partial charge on any atom is 0.303 e. The Morgan fingerprint density at radius 2 is 1.86 bits per heavy atom. The molecular weight excluding hydrogens is 394 g/mol. The summed E-state index contributed by atoms with van der Waals surface area (Å²) in [5, 5.41) is 8.72. The van der Waals surface area contributed by atoms with Crippen LogP contribution in [0.3, 0.4) is 0 Å². The van der Waals surface area contributed by atoms with Crippen molar-refractivity contribution in [2.24, 2.45) is 0 Å². The predicted octanol–water partition coefficient (Wildman–Crippen LogP) is 4.53. The van der Waals surface area contributed by atoms with Gasteiger partial charge in [0.2, 0.25) is 0 Å². The molecule has 0 spiro atoms. The molecule has 148 valence electrons. The van der Waals surface area contributed by atoms with E-state index in [-0.39, 0.29) is 24.7 Å². The van der Waals surface area contributed by atoms with Gasteiger partial charge in [-0.1, -0.05) is 67.5 Å². The second-order valence-corrected chi connectivity index (χ2v) is 8.83. The number of hydrogen-bond acceptors (Lipinski definition) is 5. The van der Waals surface area contributed by atoms with E-state index in [2.05, 4.69) is 0 Å². The van der Waals surface area contributed by atoms with Crippen LogP contribution in [0.25, 0.3) is 0 Å². The van der Waals surface area contributed by atoms with Crippen molar-refractivity contribution < 1.29 is 19.5 Å². The zero-order valence-electron chi connectivity index (χ0n) is 15.6. The number of thioether (sulfide) groups is 1. The summed E-state index contributed by atoms with van der Waals surface area (Å²) in [5.41, 5.74) is 1.83. The molecule has 0 unspecified atom stereocenters. The van der Waals surface area contributed by atoms with Crippen molar-refractivity contribution >= 4 is 46.0 Å². The summed E-state index contributed by atoms with van der Waals surface area (Å²) in [5.74, 6) is -0.874. The van der Waals surface area contributed by atoms with Crippen molar-refractivity contribution in [2.45, 2.75) is 50.9 Å². The number of thiocarbonyl (C=S) groups is 1. The Morgan fingerprint density at radius 3 is 2.50 bits per heavy atom. The molecule has 2 aliphatic rings. The summed E-state index contributed by atoms with van der Waals surface area (Å²) >= 11 is 6.29. The number of carbonyl (C=O) groups is 3. The maximum absolute atomic E-state index is 12.6. The number of nitrogens with zero attached hydrogens (tertiary/aromatic N) is 1. The first-order valence-electron chi connectivity index (χ1n) is 9.57. The highest BCUT2D eigenvalue weighted by Crippen LogP contribution is 2.33. The minimum absolute atomic E-state index is 0.0254. The topological polar surface area (TPSA) is 74.7 Å². The molecule has 1 saturated heterocycles. The lowest BCUT2D eigenvalue weighted by molar-refractivity contribution is -0.137. The number of benzene rings is 1. The number of aliphatic carboxylic acids is 1. The molecule has 0 aromatic heterocycles. The van der Waals surface area contributed by atoms with Crippen LogP contribution in [-0.2, 0) is 9.59 Å². The molecule has 28 heavy (non-hydrogen) atoms. The number of ketones is 1. The molecule has 1 N–H and O–H groups in total. The first-order chi connectivity index (χ1) is 13.5. The van der Waals surface area contributed by atoms with E-state index in [4.69, 9.17) is 17.3 Å². The maximum atomic E-state index is 12.6. The van der Waals surface area contributed by atoms with Crippen LogP contribution in [0.2, 0.25) is 0 Å². The Balaban J connectivity index is 1.64. The summed E-state index contributed by atoms with van der Waals surface area (Å²) in [4.78, 5) is 37.3.